The number of benzene rings is 2. The molecule has 0 radical (unpaired) electrons. The number of para-hydroxylation sites is 1. The zero-order valence-electron chi connectivity index (χ0n) is 22.8. The van der Waals surface area contributed by atoms with Gasteiger partial charge in [0.05, 0.1) is 35.3 Å². The minimum Gasteiger partial charge on any atom is -0.486 e. The van der Waals surface area contributed by atoms with Gasteiger partial charge in [0.1, 0.15) is 6.10 Å². The van der Waals surface area contributed by atoms with Crippen LogP contribution in [0, 0.1) is 12.8 Å². The highest BCUT2D eigenvalue weighted by Crippen LogP contribution is 2.35. The molecule has 0 bridgehead atoms. The number of nitrogens with one attached hydrogen (secondary N) is 2. The summed E-state index contributed by atoms with van der Waals surface area (Å²) in [6.07, 6.45) is -0.670. The zero-order chi connectivity index (χ0) is 28.2. The highest BCUT2D eigenvalue weighted by Gasteiger charge is 2.36. The number of nitrogens with zero attached hydrogens (tertiary/aromatic N) is 2. The van der Waals surface area contributed by atoms with Crippen molar-refractivity contribution >= 4 is 27.6 Å². The summed E-state index contributed by atoms with van der Waals surface area (Å²) < 4.78 is 34.3. The molecule has 3 atom stereocenters. The number of hydrogen-bond donors (Lipinski definition) is 3. The van der Waals surface area contributed by atoms with Crippen LogP contribution in [0.4, 0.5) is 10.5 Å². The predicted molar refractivity (Wildman–Crippen MR) is 146 cm³/mol. The van der Waals surface area contributed by atoms with E-state index in [2.05, 4.69) is 10.6 Å². The Morgan fingerprint density at radius 1 is 1.18 bits per heavy atom. The summed E-state index contributed by atoms with van der Waals surface area (Å²) in [5.74, 6) is -0.501. The van der Waals surface area contributed by atoms with Crippen LogP contribution in [0.5, 0.6) is 5.75 Å². The van der Waals surface area contributed by atoms with Crippen molar-refractivity contribution in [1.82, 2.24) is 14.5 Å². The number of likely N-dealkylation sites (N-methyl/N-ethyl adjacent to an activating group) is 1. The van der Waals surface area contributed by atoms with Crippen molar-refractivity contribution in [1.29, 1.82) is 0 Å². The van der Waals surface area contributed by atoms with Crippen molar-refractivity contribution in [3.05, 3.63) is 53.6 Å². The summed E-state index contributed by atoms with van der Waals surface area (Å²) >= 11 is 0. The van der Waals surface area contributed by atoms with Crippen LogP contribution in [0.3, 0.4) is 0 Å². The molecule has 0 unspecified atom stereocenters. The molecule has 1 aliphatic rings. The summed E-state index contributed by atoms with van der Waals surface area (Å²) in [5.41, 5.74) is 1.45. The van der Waals surface area contributed by atoms with Crippen molar-refractivity contribution in [3.8, 4) is 5.75 Å². The Morgan fingerprint density at radius 2 is 1.84 bits per heavy atom. The number of carbonyl (C=O) groups is 2. The molecule has 3 N–H and O–H groups in total. The SMILES string of the molecule is Cc1ccc(S(=O)(=O)N(C)C[C@H]2Oc3c(NC(=O)NC(C)C)cccc3C(=O)N([C@H](C)CO)C[C@@H]2C)cc1. The van der Waals surface area contributed by atoms with Crippen molar-refractivity contribution in [3.63, 3.8) is 0 Å². The van der Waals surface area contributed by atoms with Crippen LogP contribution in [-0.2, 0) is 10.0 Å². The van der Waals surface area contributed by atoms with E-state index >= 15 is 0 Å². The van der Waals surface area contributed by atoms with Gasteiger partial charge in [-0.3, -0.25) is 4.79 Å². The predicted octanol–water partition coefficient (Wildman–Crippen LogP) is 3.07. The molecule has 3 amide bonds. The molecular formula is C27H38N4O6S. The summed E-state index contributed by atoms with van der Waals surface area (Å²) in [5, 5.41) is 15.3. The Bertz CT molecular complexity index is 1250. The molecule has 1 aliphatic heterocycles. The Hall–Kier alpha value is -3.15. The topological polar surface area (TPSA) is 128 Å². The number of aliphatic hydroxyl groups excluding tert-OH is 1. The van der Waals surface area contributed by atoms with Gasteiger partial charge in [-0.15, -0.1) is 0 Å². The van der Waals surface area contributed by atoms with Crippen molar-refractivity contribution in [2.75, 3.05) is 32.1 Å². The van der Waals surface area contributed by atoms with E-state index < -0.39 is 28.2 Å². The maximum Gasteiger partial charge on any atom is 0.319 e. The lowest BCUT2D eigenvalue weighted by molar-refractivity contribution is 0.0389. The number of aryl methyl sites for hydroxylation is 1. The lowest BCUT2D eigenvalue weighted by Gasteiger charge is -2.38. The number of anilines is 1. The van der Waals surface area contributed by atoms with Crippen molar-refractivity contribution < 1.29 is 27.9 Å². The number of carbonyl (C=O) groups excluding carboxylic acids is 2. The van der Waals surface area contributed by atoms with E-state index in [0.717, 1.165) is 5.56 Å². The number of fused-ring (bicyclic) bond motifs is 1. The molecule has 0 saturated heterocycles. The maximum atomic E-state index is 13.6. The Labute approximate surface area is 225 Å². The van der Waals surface area contributed by atoms with Gasteiger partial charge in [-0.1, -0.05) is 30.7 Å². The molecule has 0 saturated carbocycles. The number of rotatable bonds is 8. The number of ether oxygens (including phenoxy) is 1. The van der Waals surface area contributed by atoms with Gasteiger partial charge in [0, 0.05) is 25.6 Å². The van der Waals surface area contributed by atoms with Gasteiger partial charge in [-0.2, -0.15) is 4.31 Å². The third-order valence-corrected chi connectivity index (χ3v) is 8.36. The van der Waals surface area contributed by atoms with Crippen LogP contribution in [-0.4, -0.2) is 79.6 Å². The third-order valence-electron chi connectivity index (χ3n) is 6.53. The molecule has 2 aromatic rings. The lowest BCUT2D eigenvalue weighted by Crippen LogP contribution is -2.50. The molecule has 0 aromatic heterocycles. The number of aliphatic hydroxyl groups is 1. The van der Waals surface area contributed by atoms with Gasteiger partial charge in [0.25, 0.3) is 5.91 Å². The van der Waals surface area contributed by atoms with Crippen molar-refractivity contribution in [2.45, 2.75) is 57.7 Å². The Morgan fingerprint density at radius 3 is 2.45 bits per heavy atom. The van der Waals surface area contributed by atoms with Crippen LogP contribution in [0.2, 0.25) is 0 Å². The fraction of sp³-hybridized carbons (Fsp3) is 0.481. The molecule has 1 heterocycles. The van der Waals surface area contributed by atoms with E-state index in [0.29, 0.717) is 0 Å². The molecule has 3 rings (SSSR count). The highest BCUT2D eigenvalue weighted by atomic mass is 32.2. The average molecular weight is 547 g/mol. The first-order valence-corrected chi connectivity index (χ1v) is 14.1. The first-order valence-electron chi connectivity index (χ1n) is 12.7. The first kappa shape index (κ1) is 29.4. The quantitative estimate of drug-likeness (QED) is 0.467. The highest BCUT2D eigenvalue weighted by molar-refractivity contribution is 7.89. The van der Waals surface area contributed by atoms with E-state index in [4.69, 9.17) is 4.74 Å². The van der Waals surface area contributed by atoms with Crippen molar-refractivity contribution in [2.24, 2.45) is 5.92 Å². The second-order valence-corrected chi connectivity index (χ2v) is 12.2. The van der Waals surface area contributed by atoms with Gasteiger partial charge in [-0.05, 0) is 52.0 Å². The van der Waals surface area contributed by atoms with E-state index in [1.165, 1.54) is 11.4 Å². The minimum atomic E-state index is -3.81. The molecule has 2 aromatic carbocycles. The normalized spacial score (nSPS) is 18.9. The number of amides is 3. The molecule has 0 spiro atoms. The van der Waals surface area contributed by atoms with Crippen LogP contribution in [0.15, 0.2) is 47.4 Å². The Kier molecular flexibility index (Phi) is 9.40. The van der Waals surface area contributed by atoms with Gasteiger partial charge in [0.15, 0.2) is 5.75 Å². The zero-order valence-corrected chi connectivity index (χ0v) is 23.6. The van der Waals surface area contributed by atoms with E-state index in [9.17, 15) is 23.1 Å². The molecule has 208 valence electrons. The standard InChI is InChI=1S/C27H38N4O6S/c1-17(2)28-27(34)29-23-9-7-8-22-25(23)37-24(19(4)14-31(26(22)33)20(5)16-32)15-30(6)38(35,36)21-12-10-18(3)11-13-21/h7-13,17,19-20,24,32H,14-16H2,1-6H3,(H2,28,29,34)/t19-,20+,24+/m0/s1. The van der Waals surface area contributed by atoms with Gasteiger partial charge in [-0.25, -0.2) is 13.2 Å². The molecule has 0 aliphatic carbocycles. The second kappa shape index (κ2) is 12.1. The maximum absolute atomic E-state index is 13.6. The third kappa shape index (κ3) is 6.64. The van der Waals surface area contributed by atoms with Crippen LogP contribution in [0.25, 0.3) is 0 Å². The second-order valence-electron chi connectivity index (χ2n) is 10.2. The summed E-state index contributed by atoms with van der Waals surface area (Å²) in [4.78, 5) is 27.8. The monoisotopic (exact) mass is 546 g/mol. The fourth-order valence-electron chi connectivity index (χ4n) is 4.22. The average Bonchev–Trinajstić information content (AvgIpc) is 2.85. The molecular weight excluding hydrogens is 508 g/mol. The fourth-order valence-corrected chi connectivity index (χ4v) is 5.41. The smallest absolute Gasteiger partial charge is 0.319 e. The molecule has 0 fully saturated rings. The van der Waals surface area contributed by atoms with Crippen LogP contribution >= 0.6 is 0 Å². The lowest BCUT2D eigenvalue weighted by atomic mass is 9.99. The number of urea groups is 1. The number of hydrogen-bond acceptors (Lipinski definition) is 6. The van der Waals surface area contributed by atoms with Gasteiger partial charge >= 0.3 is 6.03 Å². The van der Waals surface area contributed by atoms with E-state index in [1.54, 1.807) is 54.3 Å². The van der Waals surface area contributed by atoms with E-state index in [-0.39, 0.29) is 59.5 Å². The molecule has 11 heteroatoms. The summed E-state index contributed by atoms with van der Waals surface area (Å²) in [6, 6.07) is 10.4. The van der Waals surface area contributed by atoms with Crippen LogP contribution < -0.4 is 15.4 Å². The minimum absolute atomic E-state index is 0.00111. The molecule has 10 nitrogen and oxygen atoms in total. The number of sulfonamides is 1. The van der Waals surface area contributed by atoms with Gasteiger partial charge < -0.3 is 25.4 Å². The van der Waals surface area contributed by atoms with Gasteiger partial charge in [0.2, 0.25) is 10.0 Å². The van der Waals surface area contributed by atoms with Crippen LogP contribution in [0.1, 0.15) is 43.6 Å². The summed E-state index contributed by atoms with van der Waals surface area (Å²) in [7, 11) is -2.32. The molecule has 38 heavy (non-hydrogen) atoms. The van der Waals surface area contributed by atoms with E-state index in [1.807, 2.05) is 27.7 Å². The first-order chi connectivity index (χ1) is 17.8. The largest absolute Gasteiger partial charge is 0.486 e. The Balaban J connectivity index is 2.02. The summed E-state index contributed by atoms with van der Waals surface area (Å²) in [6.45, 7) is 9.15.